The third kappa shape index (κ3) is 3.48. The Labute approximate surface area is 108 Å². The van der Waals surface area contributed by atoms with Crippen molar-refractivity contribution < 1.29 is 9.21 Å². The Hall–Kier alpha value is -1.00. The standard InChI is InChI=1S/C12H20N2O2.ClH/c1-4-12(5-2,8-13)14-11(15)10-6-7-16-9(10)3;/h6-7H,4-5,8,13H2,1-3H3,(H,14,15);1H. The molecule has 0 spiro atoms. The fraction of sp³-hybridized carbons (Fsp3) is 0.583. The lowest BCUT2D eigenvalue weighted by Gasteiger charge is -2.31. The zero-order valence-corrected chi connectivity index (χ0v) is 11.4. The molecule has 1 rings (SSSR count). The molecule has 0 bridgehead atoms. The maximum Gasteiger partial charge on any atom is 0.255 e. The van der Waals surface area contributed by atoms with Gasteiger partial charge in [0, 0.05) is 6.54 Å². The van der Waals surface area contributed by atoms with E-state index in [2.05, 4.69) is 5.32 Å². The summed E-state index contributed by atoms with van der Waals surface area (Å²) in [6.07, 6.45) is 3.16. The SMILES string of the molecule is CCC(CC)(CN)NC(=O)c1ccoc1C.Cl. The van der Waals surface area contributed by atoms with Gasteiger partial charge in [-0.1, -0.05) is 13.8 Å². The lowest BCUT2D eigenvalue weighted by molar-refractivity contribution is 0.0893. The fourth-order valence-electron chi connectivity index (χ4n) is 1.70. The van der Waals surface area contributed by atoms with Crippen LogP contribution in [0.2, 0.25) is 0 Å². The van der Waals surface area contributed by atoms with Crippen LogP contribution in [0.5, 0.6) is 0 Å². The summed E-state index contributed by atoms with van der Waals surface area (Å²) in [5.41, 5.74) is 6.01. The van der Waals surface area contributed by atoms with Crippen LogP contribution in [0.3, 0.4) is 0 Å². The van der Waals surface area contributed by atoms with Crippen molar-refractivity contribution in [2.75, 3.05) is 6.54 Å². The van der Waals surface area contributed by atoms with Crippen LogP contribution in [0.15, 0.2) is 16.7 Å². The predicted molar refractivity (Wildman–Crippen MR) is 70.5 cm³/mol. The van der Waals surface area contributed by atoms with Crippen LogP contribution in [0.25, 0.3) is 0 Å². The molecule has 0 aromatic carbocycles. The summed E-state index contributed by atoms with van der Waals surface area (Å²) in [6, 6.07) is 1.68. The number of aryl methyl sites for hydroxylation is 1. The average Bonchev–Trinajstić information content (AvgIpc) is 2.72. The van der Waals surface area contributed by atoms with Crippen LogP contribution in [0.1, 0.15) is 42.8 Å². The zero-order valence-electron chi connectivity index (χ0n) is 10.6. The van der Waals surface area contributed by atoms with Gasteiger partial charge in [-0.25, -0.2) is 0 Å². The number of nitrogens with one attached hydrogen (secondary N) is 1. The van der Waals surface area contributed by atoms with E-state index in [1.165, 1.54) is 6.26 Å². The van der Waals surface area contributed by atoms with Gasteiger partial charge in [0.15, 0.2) is 0 Å². The molecule has 0 atom stereocenters. The van der Waals surface area contributed by atoms with Gasteiger partial charge in [-0.2, -0.15) is 0 Å². The minimum absolute atomic E-state index is 0. The Morgan fingerprint density at radius 1 is 1.47 bits per heavy atom. The summed E-state index contributed by atoms with van der Waals surface area (Å²) < 4.78 is 5.11. The van der Waals surface area contributed by atoms with Crippen LogP contribution in [0, 0.1) is 6.92 Å². The van der Waals surface area contributed by atoms with Gasteiger partial charge in [-0.3, -0.25) is 4.79 Å². The van der Waals surface area contributed by atoms with E-state index in [9.17, 15) is 4.79 Å². The van der Waals surface area contributed by atoms with E-state index in [0.717, 1.165) is 12.8 Å². The summed E-state index contributed by atoms with van der Waals surface area (Å²) in [4.78, 5) is 12.0. The molecule has 0 saturated heterocycles. The number of rotatable bonds is 5. The Balaban J connectivity index is 0.00000256. The van der Waals surface area contributed by atoms with E-state index < -0.39 is 0 Å². The van der Waals surface area contributed by atoms with Crippen molar-refractivity contribution >= 4 is 18.3 Å². The van der Waals surface area contributed by atoms with Crippen LogP contribution in [-0.4, -0.2) is 18.0 Å². The summed E-state index contributed by atoms with van der Waals surface area (Å²) in [7, 11) is 0. The highest BCUT2D eigenvalue weighted by Crippen LogP contribution is 2.16. The minimum Gasteiger partial charge on any atom is -0.469 e. The van der Waals surface area contributed by atoms with Crippen molar-refractivity contribution in [2.45, 2.75) is 39.2 Å². The first-order chi connectivity index (χ1) is 7.58. The van der Waals surface area contributed by atoms with Gasteiger partial charge in [0.05, 0.1) is 17.4 Å². The highest BCUT2D eigenvalue weighted by atomic mass is 35.5. The van der Waals surface area contributed by atoms with Crippen molar-refractivity contribution in [3.05, 3.63) is 23.7 Å². The number of carbonyl (C=O) groups is 1. The van der Waals surface area contributed by atoms with E-state index >= 15 is 0 Å². The topological polar surface area (TPSA) is 68.3 Å². The summed E-state index contributed by atoms with van der Waals surface area (Å²) in [5.74, 6) is 0.524. The van der Waals surface area contributed by atoms with Crippen LogP contribution in [0.4, 0.5) is 0 Å². The molecule has 1 heterocycles. The van der Waals surface area contributed by atoms with Gasteiger partial charge in [0.1, 0.15) is 5.76 Å². The van der Waals surface area contributed by atoms with Crippen molar-refractivity contribution in [3.8, 4) is 0 Å². The molecule has 98 valence electrons. The highest BCUT2D eigenvalue weighted by molar-refractivity contribution is 5.95. The molecule has 0 saturated carbocycles. The largest absolute Gasteiger partial charge is 0.469 e. The van der Waals surface area contributed by atoms with Crippen LogP contribution >= 0.6 is 12.4 Å². The molecular weight excluding hydrogens is 240 g/mol. The quantitative estimate of drug-likeness (QED) is 0.853. The third-order valence-electron chi connectivity index (χ3n) is 3.23. The smallest absolute Gasteiger partial charge is 0.255 e. The monoisotopic (exact) mass is 260 g/mol. The molecule has 0 fully saturated rings. The molecule has 0 radical (unpaired) electrons. The molecule has 4 nitrogen and oxygen atoms in total. The number of amides is 1. The fourth-order valence-corrected chi connectivity index (χ4v) is 1.70. The van der Waals surface area contributed by atoms with Crippen molar-refractivity contribution in [1.82, 2.24) is 5.32 Å². The second-order valence-electron chi connectivity index (χ2n) is 4.04. The maximum absolute atomic E-state index is 12.0. The van der Waals surface area contributed by atoms with Crippen LogP contribution in [-0.2, 0) is 0 Å². The molecular formula is C12H21ClN2O2. The lowest BCUT2D eigenvalue weighted by Crippen LogP contribution is -2.52. The van der Waals surface area contributed by atoms with Crippen LogP contribution < -0.4 is 11.1 Å². The number of hydrogen-bond acceptors (Lipinski definition) is 3. The first-order valence-corrected chi connectivity index (χ1v) is 5.65. The van der Waals surface area contributed by atoms with Crippen molar-refractivity contribution in [1.29, 1.82) is 0 Å². The number of carbonyl (C=O) groups excluding carboxylic acids is 1. The molecule has 0 aliphatic rings. The van der Waals surface area contributed by atoms with Gasteiger partial charge in [0.2, 0.25) is 0 Å². The second kappa shape index (κ2) is 6.67. The van der Waals surface area contributed by atoms with E-state index in [4.69, 9.17) is 10.2 Å². The Bertz CT molecular complexity index is 351. The maximum atomic E-state index is 12.0. The molecule has 1 amide bonds. The van der Waals surface area contributed by atoms with Crippen molar-refractivity contribution in [3.63, 3.8) is 0 Å². The number of nitrogens with two attached hydrogens (primary N) is 1. The van der Waals surface area contributed by atoms with E-state index in [1.54, 1.807) is 13.0 Å². The predicted octanol–water partition coefficient (Wildman–Crippen LogP) is 2.26. The first kappa shape index (κ1) is 16.0. The Morgan fingerprint density at radius 3 is 2.41 bits per heavy atom. The first-order valence-electron chi connectivity index (χ1n) is 5.65. The van der Waals surface area contributed by atoms with E-state index in [0.29, 0.717) is 17.9 Å². The zero-order chi connectivity index (χ0) is 12.2. The van der Waals surface area contributed by atoms with Gasteiger partial charge >= 0.3 is 0 Å². The Morgan fingerprint density at radius 2 is 2.06 bits per heavy atom. The van der Waals surface area contributed by atoms with E-state index in [-0.39, 0.29) is 23.9 Å². The molecule has 0 unspecified atom stereocenters. The lowest BCUT2D eigenvalue weighted by atomic mass is 9.92. The van der Waals surface area contributed by atoms with E-state index in [1.807, 2.05) is 13.8 Å². The van der Waals surface area contributed by atoms with Crippen molar-refractivity contribution in [2.24, 2.45) is 5.73 Å². The number of halogens is 1. The summed E-state index contributed by atoms with van der Waals surface area (Å²) in [5, 5.41) is 3.00. The third-order valence-corrected chi connectivity index (χ3v) is 3.23. The Kier molecular flexibility index (Phi) is 6.27. The average molecular weight is 261 g/mol. The highest BCUT2D eigenvalue weighted by Gasteiger charge is 2.27. The van der Waals surface area contributed by atoms with Gasteiger partial charge in [-0.05, 0) is 25.8 Å². The molecule has 5 heteroatoms. The number of furan rings is 1. The minimum atomic E-state index is -0.305. The molecule has 0 aliphatic heterocycles. The molecule has 0 aliphatic carbocycles. The molecule has 1 aromatic heterocycles. The van der Waals surface area contributed by atoms with Gasteiger partial charge in [-0.15, -0.1) is 12.4 Å². The van der Waals surface area contributed by atoms with Gasteiger partial charge < -0.3 is 15.5 Å². The normalized spacial score (nSPS) is 10.8. The second-order valence-corrected chi connectivity index (χ2v) is 4.04. The summed E-state index contributed by atoms with van der Waals surface area (Å²) in [6.45, 7) is 6.28. The molecule has 3 N–H and O–H groups in total. The molecule has 17 heavy (non-hydrogen) atoms. The number of hydrogen-bond donors (Lipinski definition) is 2. The van der Waals surface area contributed by atoms with Gasteiger partial charge in [0.25, 0.3) is 5.91 Å². The molecule has 1 aromatic rings. The summed E-state index contributed by atoms with van der Waals surface area (Å²) >= 11 is 0.